The zero-order valence-corrected chi connectivity index (χ0v) is 11.6. The van der Waals surface area contributed by atoms with E-state index in [1.54, 1.807) is 6.07 Å². The molecule has 0 aliphatic carbocycles. The van der Waals surface area contributed by atoms with Gasteiger partial charge in [0.25, 0.3) is 0 Å². The molecule has 0 bridgehead atoms. The van der Waals surface area contributed by atoms with Crippen LogP contribution in [0.25, 0.3) is 0 Å². The van der Waals surface area contributed by atoms with E-state index >= 15 is 0 Å². The Bertz CT molecular complexity index is 399. The number of ether oxygens (including phenoxy) is 2. The number of likely N-dealkylation sites (N-methyl/N-ethyl adjacent to an activating group) is 1. The van der Waals surface area contributed by atoms with E-state index in [4.69, 9.17) is 9.47 Å². The van der Waals surface area contributed by atoms with Crippen LogP contribution >= 0.6 is 0 Å². The van der Waals surface area contributed by atoms with Gasteiger partial charge in [-0.1, -0.05) is 18.2 Å². The molecule has 1 aromatic carbocycles. The fraction of sp³-hybridized carbons (Fsp3) is 0.600. The number of benzene rings is 1. The first-order chi connectivity index (χ1) is 9.23. The molecule has 2 rings (SSSR count). The van der Waals surface area contributed by atoms with E-state index in [0.717, 1.165) is 12.8 Å². The Balaban J connectivity index is 2.34. The third-order valence-corrected chi connectivity index (χ3v) is 3.80. The van der Waals surface area contributed by atoms with E-state index in [1.807, 2.05) is 26.1 Å². The average molecular weight is 267 g/mol. The minimum absolute atomic E-state index is 0.155. The van der Waals surface area contributed by atoms with E-state index in [2.05, 4.69) is 5.32 Å². The Morgan fingerprint density at radius 1 is 1.37 bits per heavy atom. The highest BCUT2D eigenvalue weighted by Crippen LogP contribution is 2.38. The van der Waals surface area contributed by atoms with Crippen molar-refractivity contribution in [2.45, 2.75) is 31.4 Å². The second kappa shape index (κ2) is 6.46. The molecule has 1 N–H and O–H groups in total. The third kappa shape index (κ3) is 2.96. The van der Waals surface area contributed by atoms with Gasteiger partial charge < -0.3 is 14.8 Å². The molecule has 1 aliphatic heterocycles. The summed E-state index contributed by atoms with van der Waals surface area (Å²) in [6, 6.07) is 6.74. The molecule has 0 aromatic heterocycles. The van der Waals surface area contributed by atoms with Gasteiger partial charge in [0.1, 0.15) is 5.82 Å². The number of nitrogens with one attached hydrogen (secondary N) is 1. The lowest BCUT2D eigenvalue weighted by atomic mass is 9.82. The fourth-order valence-electron chi connectivity index (χ4n) is 2.93. The summed E-state index contributed by atoms with van der Waals surface area (Å²) in [5.74, 6) is -0.188. The predicted molar refractivity (Wildman–Crippen MR) is 72.6 cm³/mol. The minimum Gasteiger partial charge on any atom is -0.381 e. The third-order valence-electron chi connectivity index (χ3n) is 3.80. The number of rotatable bonds is 5. The molecule has 4 heteroatoms. The van der Waals surface area contributed by atoms with Crippen molar-refractivity contribution in [2.24, 2.45) is 0 Å². The van der Waals surface area contributed by atoms with E-state index < -0.39 is 0 Å². The molecule has 1 unspecified atom stereocenters. The first kappa shape index (κ1) is 14.4. The van der Waals surface area contributed by atoms with Gasteiger partial charge in [0.15, 0.2) is 0 Å². The van der Waals surface area contributed by atoms with E-state index in [1.165, 1.54) is 6.07 Å². The largest absolute Gasteiger partial charge is 0.381 e. The standard InChI is InChI=1S/C15H22FNO2/c1-3-19-15(8-10-18-11-9-15)14(17-2)12-6-4-5-7-13(12)16/h4-7,14,17H,3,8-11H2,1-2H3. The van der Waals surface area contributed by atoms with Crippen molar-refractivity contribution < 1.29 is 13.9 Å². The molecule has 1 fully saturated rings. The van der Waals surface area contributed by atoms with E-state index in [9.17, 15) is 4.39 Å². The van der Waals surface area contributed by atoms with Crippen molar-refractivity contribution in [3.05, 3.63) is 35.6 Å². The molecule has 0 spiro atoms. The first-order valence-electron chi connectivity index (χ1n) is 6.87. The zero-order valence-electron chi connectivity index (χ0n) is 11.6. The summed E-state index contributed by atoms with van der Waals surface area (Å²) in [7, 11) is 1.85. The zero-order chi connectivity index (χ0) is 13.7. The summed E-state index contributed by atoms with van der Waals surface area (Å²) in [4.78, 5) is 0. The van der Waals surface area contributed by atoms with Gasteiger partial charge >= 0.3 is 0 Å². The van der Waals surface area contributed by atoms with Crippen LogP contribution in [0.2, 0.25) is 0 Å². The van der Waals surface area contributed by atoms with Crippen LogP contribution in [0.1, 0.15) is 31.4 Å². The molecule has 3 nitrogen and oxygen atoms in total. The summed E-state index contributed by atoms with van der Waals surface area (Å²) in [5, 5.41) is 3.23. The van der Waals surface area contributed by atoms with Gasteiger partial charge in [0, 0.05) is 38.2 Å². The van der Waals surface area contributed by atoms with Crippen LogP contribution in [0.4, 0.5) is 4.39 Å². The maximum Gasteiger partial charge on any atom is 0.128 e. The van der Waals surface area contributed by atoms with E-state index in [-0.39, 0.29) is 17.5 Å². The van der Waals surface area contributed by atoms with Crippen molar-refractivity contribution in [3.63, 3.8) is 0 Å². The van der Waals surface area contributed by atoms with Crippen molar-refractivity contribution >= 4 is 0 Å². The van der Waals surface area contributed by atoms with E-state index in [0.29, 0.717) is 25.4 Å². The van der Waals surface area contributed by atoms with Crippen LogP contribution in [-0.2, 0) is 9.47 Å². The van der Waals surface area contributed by atoms with Crippen molar-refractivity contribution in [3.8, 4) is 0 Å². The fourth-order valence-corrected chi connectivity index (χ4v) is 2.93. The molecule has 1 aliphatic rings. The monoisotopic (exact) mass is 267 g/mol. The second-order valence-electron chi connectivity index (χ2n) is 4.85. The van der Waals surface area contributed by atoms with Gasteiger partial charge in [0.2, 0.25) is 0 Å². The van der Waals surface area contributed by atoms with Gasteiger partial charge in [-0.2, -0.15) is 0 Å². The van der Waals surface area contributed by atoms with Crippen LogP contribution in [0.5, 0.6) is 0 Å². The van der Waals surface area contributed by atoms with Crippen LogP contribution in [0, 0.1) is 5.82 Å². The molecule has 1 aromatic rings. The maximum absolute atomic E-state index is 14.1. The molecule has 1 saturated heterocycles. The molecule has 0 saturated carbocycles. The summed E-state index contributed by atoms with van der Waals surface area (Å²) < 4.78 is 25.5. The van der Waals surface area contributed by atoms with Crippen molar-refractivity contribution in [1.29, 1.82) is 0 Å². The Kier molecular flexibility index (Phi) is 4.91. The molecule has 19 heavy (non-hydrogen) atoms. The molecular weight excluding hydrogens is 245 g/mol. The first-order valence-corrected chi connectivity index (χ1v) is 6.87. The molecular formula is C15H22FNO2. The molecule has 1 heterocycles. The second-order valence-corrected chi connectivity index (χ2v) is 4.85. The average Bonchev–Trinajstić information content (AvgIpc) is 2.43. The van der Waals surface area contributed by atoms with Crippen molar-refractivity contribution in [1.82, 2.24) is 5.32 Å². The van der Waals surface area contributed by atoms with Crippen LogP contribution in [-0.4, -0.2) is 32.5 Å². The van der Waals surface area contributed by atoms with Gasteiger partial charge in [-0.3, -0.25) is 0 Å². The molecule has 1 atom stereocenters. The quantitative estimate of drug-likeness (QED) is 0.889. The molecule has 0 radical (unpaired) electrons. The predicted octanol–water partition coefficient (Wildman–Crippen LogP) is 2.67. The van der Waals surface area contributed by atoms with Gasteiger partial charge in [0.05, 0.1) is 11.6 Å². The number of halogens is 1. The topological polar surface area (TPSA) is 30.5 Å². The smallest absolute Gasteiger partial charge is 0.128 e. The maximum atomic E-state index is 14.1. The summed E-state index contributed by atoms with van der Waals surface area (Å²) >= 11 is 0. The Hall–Kier alpha value is -0.970. The van der Waals surface area contributed by atoms with Crippen molar-refractivity contribution in [2.75, 3.05) is 26.9 Å². The summed E-state index contributed by atoms with van der Waals surface area (Å²) in [6.45, 7) is 3.91. The minimum atomic E-state index is -0.385. The lowest BCUT2D eigenvalue weighted by Gasteiger charge is -2.43. The van der Waals surface area contributed by atoms with Crippen LogP contribution in [0.3, 0.4) is 0 Å². The van der Waals surface area contributed by atoms with Crippen LogP contribution in [0.15, 0.2) is 24.3 Å². The number of hydrogen-bond donors (Lipinski definition) is 1. The van der Waals surface area contributed by atoms with Gasteiger partial charge in [-0.05, 0) is 20.0 Å². The highest BCUT2D eigenvalue weighted by molar-refractivity contribution is 5.24. The summed E-state index contributed by atoms with van der Waals surface area (Å²) in [6.07, 6.45) is 1.56. The molecule has 106 valence electrons. The lowest BCUT2D eigenvalue weighted by molar-refractivity contribution is -0.127. The van der Waals surface area contributed by atoms with Gasteiger partial charge in [-0.25, -0.2) is 4.39 Å². The Morgan fingerprint density at radius 3 is 2.63 bits per heavy atom. The highest BCUT2D eigenvalue weighted by Gasteiger charge is 2.42. The lowest BCUT2D eigenvalue weighted by Crippen LogP contribution is -2.49. The summed E-state index contributed by atoms with van der Waals surface area (Å²) in [5.41, 5.74) is 0.282. The normalized spacial score (nSPS) is 20.2. The van der Waals surface area contributed by atoms with Crippen LogP contribution < -0.4 is 5.32 Å². The van der Waals surface area contributed by atoms with Gasteiger partial charge in [-0.15, -0.1) is 0 Å². The molecule has 0 amide bonds. The highest BCUT2D eigenvalue weighted by atomic mass is 19.1. The Morgan fingerprint density at radius 2 is 2.05 bits per heavy atom. The SMILES string of the molecule is CCOC1(C(NC)c2ccccc2F)CCOCC1. The Labute approximate surface area is 114 Å². The number of hydrogen-bond acceptors (Lipinski definition) is 3.